The van der Waals surface area contributed by atoms with Crippen molar-refractivity contribution in [1.82, 2.24) is 5.32 Å². The van der Waals surface area contributed by atoms with Gasteiger partial charge in [0.15, 0.2) is 5.11 Å². The van der Waals surface area contributed by atoms with Crippen molar-refractivity contribution >= 4 is 34.6 Å². The van der Waals surface area contributed by atoms with E-state index in [1.54, 1.807) is 0 Å². The second kappa shape index (κ2) is 7.97. The van der Waals surface area contributed by atoms with Gasteiger partial charge in [-0.2, -0.15) is 0 Å². The molecule has 0 spiro atoms. The smallest absolute Gasteiger partial charge is 0.227 e. The van der Waals surface area contributed by atoms with Crippen molar-refractivity contribution in [1.29, 1.82) is 0 Å². The van der Waals surface area contributed by atoms with Crippen LogP contribution < -0.4 is 15.5 Å². The zero-order valence-electron chi connectivity index (χ0n) is 14.4. The van der Waals surface area contributed by atoms with Crippen LogP contribution in [-0.2, 0) is 4.79 Å². The maximum Gasteiger partial charge on any atom is 0.227 e. The highest BCUT2D eigenvalue weighted by molar-refractivity contribution is 7.80. The molecule has 1 aromatic carbocycles. The van der Waals surface area contributed by atoms with Crippen LogP contribution in [0.15, 0.2) is 18.2 Å². The number of thiocarbonyl (C=S) groups is 1. The first-order chi connectivity index (χ1) is 11.6. The lowest BCUT2D eigenvalue weighted by Crippen LogP contribution is -2.37. The number of rotatable bonds is 3. The van der Waals surface area contributed by atoms with Crippen molar-refractivity contribution in [2.24, 2.45) is 0 Å². The van der Waals surface area contributed by atoms with Crippen LogP contribution in [0.5, 0.6) is 0 Å². The Bertz CT molecular complexity index is 609. The van der Waals surface area contributed by atoms with Gasteiger partial charge in [0.05, 0.1) is 0 Å². The normalized spacial score (nSPS) is 19.2. The van der Waals surface area contributed by atoms with Crippen LogP contribution in [0.3, 0.4) is 0 Å². The van der Waals surface area contributed by atoms with Gasteiger partial charge in [-0.05, 0) is 62.2 Å². The molecule has 1 saturated carbocycles. The molecular formula is C19H27N3OS. The highest BCUT2D eigenvalue weighted by atomic mass is 32.1. The Morgan fingerprint density at radius 2 is 1.92 bits per heavy atom. The lowest BCUT2D eigenvalue weighted by atomic mass is 10.1. The predicted octanol–water partition coefficient (Wildman–Crippen LogP) is 4.13. The van der Waals surface area contributed by atoms with E-state index < -0.39 is 0 Å². The fourth-order valence-corrected chi connectivity index (χ4v) is 4.00. The van der Waals surface area contributed by atoms with E-state index in [0.29, 0.717) is 17.6 Å². The van der Waals surface area contributed by atoms with E-state index in [9.17, 15) is 4.79 Å². The molecule has 1 aromatic rings. The lowest BCUT2D eigenvalue weighted by molar-refractivity contribution is -0.117. The number of hydrogen-bond donors (Lipinski definition) is 2. The number of nitrogens with one attached hydrogen (secondary N) is 2. The van der Waals surface area contributed by atoms with Crippen LogP contribution in [0.4, 0.5) is 11.4 Å². The van der Waals surface area contributed by atoms with Gasteiger partial charge in [-0.15, -0.1) is 0 Å². The van der Waals surface area contributed by atoms with Gasteiger partial charge in [0.1, 0.15) is 0 Å². The van der Waals surface area contributed by atoms with Crippen molar-refractivity contribution in [2.75, 3.05) is 16.8 Å². The van der Waals surface area contributed by atoms with Gasteiger partial charge in [-0.3, -0.25) is 4.79 Å². The van der Waals surface area contributed by atoms with E-state index in [4.69, 9.17) is 12.2 Å². The summed E-state index contributed by atoms with van der Waals surface area (Å²) in [5.74, 6) is 0.226. The van der Waals surface area contributed by atoms with Gasteiger partial charge in [-0.1, -0.05) is 25.7 Å². The number of hydrogen-bond acceptors (Lipinski definition) is 2. The van der Waals surface area contributed by atoms with Crippen LogP contribution >= 0.6 is 12.2 Å². The van der Waals surface area contributed by atoms with Crippen molar-refractivity contribution in [3.05, 3.63) is 23.8 Å². The molecule has 2 aliphatic rings. The Morgan fingerprint density at radius 1 is 1.17 bits per heavy atom. The minimum Gasteiger partial charge on any atom is -0.360 e. The summed E-state index contributed by atoms with van der Waals surface area (Å²) in [6, 6.07) is 6.60. The Morgan fingerprint density at radius 3 is 2.54 bits per heavy atom. The summed E-state index contributed by atoms with van der Waals surface area (Å²) >= 11 is 5.48. The summed E-state index contributed by atoms with van der Waals surface area (Å²) < 4.78 is 0. The Kier molecular flexibility index (Phi) is 5.72. The number of amides is 1. The van der Waals surface area contributed by atoms with Crippen LogP contribution in [0, 0.1) is 6.92 Å². The molecule has 5 heteroatoms. The zero-order chi connectivity index (χ0) is 16.9. The Hall–Kier alpha value is -1.62. The number of nitrogens with zero attached hydrogens (tertiary/aromatic N) is 1. The molecule has 1 amide bonds. The highest BCUT2D eigenvalue weighted by Crippen LogP contribution is 2.27. The zero-order valence-corrected chi connectivity index (χ0v) is 15.3. The molecule has 4 nitrogen and oxygen atoms in total. The van der Waals surface area contributed by atoms with Crippen LogP contribution in [-0.4, -0.2) is 23.6 Å². The van der Waals surface area contributed by atoms with E-state index in [-0.39, 0.29) is 5.91 Å². The standard InChI is InChI=1S/C19H27N3OS/c1-14-13-16(10-11-17(14)22-12-6-9-18(22)23)21-19(24)20-15-7-4-2-3-5-8-15/h10-11,13,15H,2-9,12H2,1H3,(H2,20,21,24). The molecule has 0 bridgehead atoms. The maximum atomic E-state index is 11.9. The van der Waals surface area contributed by atoms with Gasteiger partial charge < -0.3 is 15.5 Å². The van der Waals surface area contributed by atoms with Gasteiger partial charge in [0.2, 0.25) is 5.91 Å². The number of carbonyl (C=O) groups is 1. The second-order valence-electron chi connectivity index (χ2n) is 6.94. The largest absolute Gasteiger partial charge is 0.360 e. The van der Waals surface area contributed by atoms with Crippen molar-refractivity contribution < 1.29 is 4.79 Å². The van der Waals surface area contributed by atoms with E-state index in [0.717, 1.165) is 29.9 Å². The van der Waals surface area contributed by atoms with Crippen molar-refractivity contribution in [3.8, 4) is 0 Å². The third kappa shape index (κ3) is 4.26. The Balaban J connectivity index is 1.59. The lowest BCUT2D eigenvalue weighted by Gasteiger charge is -2.21. The van der Waals surface area contributed by atoms with Gasteiger partial charge in [0, 0.05) is 30.4 Å². The quantitative estimate of drug-likeness (QED) is 0.639. The molecule has 2 fully saturated rings. The summed E-state index contributed by atoms with van der Waals surface area (Å²) in [5.41, 5.74) is 3.10. The van der Waals surface area contributed by atoms with Crippen LogP contribution in [0.2, 0.25) is 0 Å². The first-order valence-electron chi connectivity index (χ1n) is 9.12. The van der Waals surface area contributed by atoms with E-state index in [2.05, 4.69) is 16.7 Å². The predicted molar refractivity (Wildman–Crippen MR) is 104 cm³/mol. The molecule has 0 aromatic heterocycles. The van der Waals surface area contributed by atoms with Crippen molar-refractivity contribution in [2.45, 2.75) is 64.3 Å². The number of anilines is 2. The van der Waals surface area contributed by atoms with Crippen LogP contribution in [0.1, 0.15) is 56.9 Å². The minimum absolute atomic E-state index is 0.226. The minimum atomic E-state index is 0.226. The fourth-order valence-electron chi connectivity index (χ4n) is 3.72. The van der Waals surface area contributed by atoms with Gasteiger partial charge in [0.25, 0.3) is 0 Å². The molecule has 0 atom stereocenters. The third-order valence-corrected chi connectivity index (χ3v) is 5.23. The molecule has 1 aliphatic carbocycles. The van der Waals surface area contributed by atoms with Gasteiger partial charge >= 0.3 is 0 Å². The molecule has 0 unspecified atom stereocenters. The average Bonchev–Trinajstić information content (AvgIpc) is 2.80. The molecule has 0 radical (unpaired) electrons. The molecular weight excluding hydrogens is 318 g/mol. The topological polar surface area (TPSA) is 44.4 Å². The number of aryl methyl sites for hydroxylation is 1. The molecule has 1 heterocycles. The first-order valence-corrected chi connectivity index (χ1v) is 9.53. The molecule has 3 rings (SSSR count). The third-order valence-electron chi connectivity index (χ3n) is 5.01. The molecule has 130 valence electrons. The second-order valence-corrected chi connectivity index (χ2v) is 7.35. The van der Waals surface area contributed by atoms with E-state index in [1.165, 1.54) is 38.5 Å². The van der Waals surface area contributed by atoms with Crippen molar-refractivity contribution in [3.63, 3.8) is 0 Å². The highest BCUT2D eigenvalue weighted by Gasteiger charge is 2.23. The van der Waals surface area contributed by atoms with Crippen LogP contribution in [0.25, 0.3) is 0 Å². The SMILES string of the molecule is Cc1cc(NC(=S)NC2CCCCCC2)ccc1N1CCCC1=O. The summed E-state index contributed by atoms with van der Waals surface area (Å²) in [4.78, 5) is 13.8. The molecule has 2 N–H and O–H groups in total. The summed E-state index contributed by atoms with van der Waals surface area (Å²) in [7, 11) is 0. The monoisotopic (exact) mass is 345 g/mol. The fraction of sp³-hybridized carbons (Fsp3) is 0.579. The van der Waals surface area contributed by atoms with E-state index >= 15 is 0 Å². The summed E-state index contributed by atoms with van der Waals surface area (Å²) in [5, 5.41) is 7.46. The Labute approximate surface area is 150 Å². The average molecular weight is 346 g/mol. The molecule has 24 heavy (non-hydrogen) atoms. The summed E-state index contributed by atoms with van der Waals surface area (Å²) in [6.07, 6.45) is 9.29. The maximum absolute atomic E-state index is 11.9. The first kappa shape index (κ1) is 17.2. The molecule has 1 aliphatic heterocycles. The van der Waals surface area contributed by atoms with Gasteiger partial charge in [-0.25, -0.2) is 0 Å². The summed E-state index contributed by atoms with van der Waals surface area (Å²) in [6.45, 7) is 2.88. The molecule has 1 saturated heterocycles. The van der Waals surface area contributed by atoms with E-state index in [1.807, 2.05) is 24.0 Å². The number of carbonyl (C=O) groups excluding carboxylic acids is 1. The number of benzene rings is 1.